The number of aryl methyl sites for hydroxylation is 2. The van der Waals surface area contributed by atoms with Crippen LogP contribution in [0.2, 0.25) is 0 Å². The third-order valence-electron chi connectivity index (χ3n) is 2.71. The van der Waals surface area contributed by atoms with Gasteiger partial charge in [0.1, 0.15) is 5.82 Å². The fraction of sp³-hybridized carbons (Fsp3) is 0.700. The molecule has 2 heterocycles. The van der Waals surface area contributed by atoms with Gasteiger partial charge in [0.25, 0.3) is 0 Å². The van der Waals surface area contributed by atoms with Crippen LogP contribution >= 0.6 is 0 Å². The van der Waals surface area contributed by atoms with E-state index in [2.05, 4.69) is 9.55 Å². The molecular weight excluding hydrogens is 178 g/mol. The van der Waals surface area contributed by atoms with E-state index in [1.165, 1.54) is 0 Å². The molecule has 0 aromatic carbocycles. The first-order valence-electron chi connectivity index (χ1n) is 5.24. The fourth-order valence-corrected chi connectivity index (χ4v) is 1.95. The molecule has 0 spiro atoms. The standard InChI is InChI=1S/C10H17N3O/c11-9-4-1-5-10-12-8(3-2-6-14)7-13(9)10/h7,9,14H,1-6,11H2. The summed E-state index contributed by atoms with van der Waals surface area (Å²) in [5.74, 6) is 1.11. The molecule has 0 amide bonds. The summed E-state index contributed by atoms with van der Waals surface area (Å²) in [7, 11) is 0. The molecule has 78 valence electrons. The van der Waals surface area contributed by atoms with Gasteiger partial charge in [0.15, 0.2) is 0 Å². The zero-order valence-electron chi connectivity index (χ0n) is 8.32. The Bertz CT molecular complexity index is 308. The summed E-state index contributed by atoms with van der Waals surface area (Å²) >= 11 is 0. The minimum atomic E-state index is 0.106. The van der Waals surface area contributed by atoms with Crippen LogP contribution in [0.3, 0.4) is 0 Å². The van der Waals surface area contributed by atoms with E-state index in [9.17, 15) is 0 Å². The second-order valence-electron chi connectivity index (χ2n) is 3.84. The van der Waals surface area contributed by atoms with Gasteiger partial charge in [-0.05, 0) is 25.7 Å². The summed E-state index contributed by atoms with van der Waals surface area (Å²) in [6, 6.07) is 0. The van der Waals surface area contributed by atoms with Crippen LogP contribution in [0.5, 0.6) is 0 Å². The molecule has 0 fully saturated rings. The summed E-state index contributed by atoms with van der Waals surface area (Å²) in [6.07, 6.45) is 6.99. The maximum Gasteiger partial charge on any atom is 0.110 e. The lowest BCUT2D eigenvalue weighted by Crippen LogP contribution is -2.24. The molecule has 1 aliphatic rings. The number of aliphatic hydroxyl groups is 1. The Labute approximate surface area is 83.8 Å². The quantitative estimate of drug-likeness (QED) is 0.742. The van der Waals surface area contributed by atoms with Gasteiger partial charge in [-0.2, -0.15) is 0 Å². The highest BCUT2D eigenvalue weighted by atomic mass is 16.2. The second-order valence-corrected chi connectivity index (χ2v) is 3.84. The molecule has 2 rings (SSSR count). The SMILES string of the molecule is NC1CCCc2nc(CCCO)cn21. The average molecular weight is 195 g/mol. The third-order valence-corrected chi connectivity index (χ3v) is 2.71. The Balaban J connectivity index is 2.13. The number of imidazole rings is 1. The van der Waals surface area contributed by atoms with Crippen molar-refractivity contribution in [3.05, 3.63) is 17.7 Å². The van der Waals surface area contributed by atoms with E-state index < -0.39 is 0 Å². The van der Waals surface area contributed by atoms with E-state index in [0.29, 0.717) is 0 Å². The van der Waals surface area contributed by atoms with Crippen molar-refractivity contribution in [1.29, 1.82) is 0 Å². The van der Waals surface area contributed by atoms with Crippen LogP contribution in [0.15, 0.2) is 6.20 Å². The molecular formula is C10H17N3O. The first-order valence-corrected chi connectivity index (χ1v) is 5.24. The number of nitrogens with zero attached hydrogens (tertiary/aromatic N) is 2. The molecule has 0 bridgehead atoms. The Morgan fingerprint density at radius 1 is 1.64 bits per heavy atom. The van der Waals surface area contributed by atoms with E-state index in [-0.39, 0.29) is 12.8 Å². The fourth-order valence-electron chi connectivity index (χ4n) is 1.95. The predicted octanol–water partition coefficient (Wildman–Crippen LogP) is 0.602. The van der Waals surface area contributed by atoms with Crippen molar-refractivity contribution >= 4 is 0 Å². The number of nitrogens with two attached hydrogens (primary N) is 1. The molecule has 1 aliphatic heterocycles. The zero-order chi connectivity index (χ0) is 9.97. The van der Waals surface area contributed by atoms with Crippen LogP contribution in [0.4, 0.5) is 0 Å². The minimum absolute atomic E-state index is 0.106. The van der Waals surface area contributed by atoms with Crippen molar-refractivity contribution in [3.8, 4) is 0 Å². The van der Waals surface area contributed by atoms with Crippen molar-refractivity contribution in [2.45, 2.75) is 38.3 Å². The number of aliphatic hydroxyl groups excluding tert-OH is 1. The van der Waals surface area contributed by atoms with Gasteiger partial charge in [-0.15, -0.1) is 0 Å². The molecule has 1 atom stereocenters. The van der Waals surface area contributed by atoms with Gasteiger partial charge in [0.2, 0.25) is 0 Å². The molecule has 0 aliphatic carbocycles. The van der Waals surface area contributed by atoms with Crippen LogP contribution in [0, 0.1) is 0 Å². The van der Waals surface area contributed by atoms with Gasteiger partial charge in [-0.25, -0.2) is 4.98 Å². The highest BCUT2D eigenvalue weighted by Gasteiger charge is 2.17. The van der Waals surface area contributed by atoms with Crippen LogP contribution in [-0.2, 0) is 12.8 Å². The summed E-state index contributed by atoms with van der Waals surface area (Å²) < 4.78 is 2.08. The van der Waals surface area contributed by atoms with Gasteiger partial charge in [-0.1, -0.05) is 0 Å². The summed E-state index contributed by atoms with van der Waals surface area (Å²) in [6.45, 7) is 0.230. The zero-order valence-corrected chi connectivity index (χ0v) is 8.32. The van der Waals surface area contributed by atoms with Gasteiger partial charge >= 0.3 is 0 Å². The smallest absolute Gasteiger partial charge is 0.110 e. The molecule has 1 aromatic rings. The number of hydrogen-bond acceptors (Lipinski definition) is 3. The lowest BCUT2D eigenvalue weighted by atomic mass is 10.1. The minimum Gasteiger partial charge on any atom is -0.396 e. The summed E-state index contributed by atoms with van der Waals surface area (Å²) in [5.41, 5.74) is 7.02. The third kappa shape index (κ3) is 1.81. The van der Waals surface area contributed by atoms with E-state index >= 15 is 0 Å². The van der Waals surface area contributed by atoms with E-state index in [0.717, 1.165) is 43.6 Å². The molecule has 0 saturated carbocycles. The maximum absolute atomic E-state index is 8.72. The Morgan fingerprint density at radius 3 is 3.21 bits per heavy atom. The second kappa shape index (κ2) is 4.11. The van der Waals surface area contributed by atoms with Gasteiger partial charge in [0, 0.05) is 19.2 Å². The summed E-state index contributed by atoms with van der Waals surface area (Å²) in [4.78, 5) is 4.51. The largest absolute Gasteiger partial charge is 0.396 e. The van der Waals surface area contributed by atoms with Gasteiger partial charge in [-0.3, -0.25) is 0 Å². The van der Waals surface area contributed by atoms with Crippen molar-refractivity contribution in [2.75, 3.05) is 6.61 Å². The van der Waals surface area contributed by atoms with Crippen LogP contribution in [0.1, 0.15) is 36.9 Å². The predicted molar refractivity (Wildman–Crippen MR) is 53.8 cm³/mol. The molecule has 4 heteroatoms. The molecule has 3 N–H and O–H groups in total. The van der Waals surface area contributed by atoms with Gasteiger partial charge < -0.3 is 15.4 Å². The molecule has 4 nitrogen and oxygen atoms in total. The lowest BCUT2D eigenvalue weighted by molar-refractivity contribution is 0.288. The van der Waals surface area contributed by atoms with Crippen molar-refractivity contribution in [2.24, 2.45) is 5.73 Å². The number of hydrogen-bond donors (Lipinski definition) is 2. The first-order chi connectivity index (χ1) is 6.81. The first kappa shape index (κ1) is 9.68. The van der Waals surface area contributed by atoms with Crippen molar-refractivity contribution < 1.29 is 5.11 Å². The molecule has 1 aromatic heterocycles. The van der Waals surface area contributed by atoms with Crippen LogP contribution in [-0.4, -0.2) is 21.3 Å². The molecule has 14 heavy (non-hydrogen) atoms. The van der Waals surface area contributed by atoms with E-state index in [4.69, 9.17) is 10.8 Å². The maximum atomic E-state index is 8.72. The Kier molecular flexibility index (Phi) is 2.84. The monoisotopic (exact) mass is 195 g/mol. The topological polar surface area (TPSA) is 64.1 Å². The van der Waals surface area contributed by atoms with Crippen molar-refractivity contribution in [3.63, 3.8) is 0 Å². The lowest BCUT2D eigenvalue weighted by Gasteiger charge is -2.20. The number of aromatic nitrogens is 2. The average Bonchev–Trinajstić information content (AvgIpc) is 2.59. The normalized spacial score (nSPS) is 20.9. The van der Waals surface area contributed by atoms with E-state index in [1.807, 2.05) is 6.20 Å². The Morgan fingerprint density at radius 2 is 2.50 bits per heavy atom. The molecule has 0 radical (unpaired) electrons. The summed E-state index contributed by atoms with van der Waals surface area (Å²) in [5, 5.41) is 8.72. The molecule has 1 unspecified atom stereocenters. The van der Waals surface area contributed by atoms with Crippen molar-refractivity contribution in [1.82, 2.24) is 9.55 Å². The Hall–Kier alpha value is -0.870. The highest BCUT2D eigenvalue weighted by molar-refractivity contribution is 5.07. The van der Waals surface area contributed by atoms with Crippen LogP contribution in [0.25, 0.3) is 0 Å². The van der Waals surface area contributed by atoms with Gasteiger partial charge in [0.05, 0.1) is 11.9 Å². The van der Waals surface area contributed by atoms with E-state index in [1.54, 1.807) is 0 Å². The van der Waals surface area contributed by atoms with Crippen LogP contribution < -0.4 is 5.73 Å². The number of fused-ring (bicyclic) bond motifs is 1. The highest BCUT2D eigenvalue weighted by Crippen LogP contribution is 2.21. The molecule has 0 saturated heterocycles. The number of rotatable bonds is 3.